The molecule has 0 spiro atoms. The Morgan fingerprint density at radius 2 is 2.18 bits per heavy atom. The SMILES string of the molecule is Cc1ncccc1O[C@H]1CO[C@H]2[C@@H]1OC[C@@H]2NC(=O)NCC1CN(C)CCO1. The van der Waals surface area contributed by atoms with E-state index < -0.39 is 0 Å². The average Bonchev–Trinajstić information content (AvgIpc) is 3.26. The van der Waals surface area contributed by atoms with Gasteiger partial charge in [-0.15, -0.1) is 0 Å². The van der Waals surface area contributed by atoms with Crippen molar-refractivity contribution in [3.63, 3.8) is 0 Å². The smallest absolute Gasteiger partial charge is 0.315 e. The largest absolute Gasteiger partial charge is 0.483 e. The molecule has 154 valence electrons. The van der Waals surface area contributed by atoms with Crippen LogP contribution in [-0.2, 0) is 14.2 Å². The quantitative estimate of drug-likeness (QED) is 0.725. The summed E-state index contributed by atoms with van der Waals surface area (Å²) in [6.07, 6.45) is 1.11. The van der Waals surface area contributed by atoms with Crippen molar-refractivity contribution in [3.8, 4) is 5.75 Å². The summed E-state index contributed by atoms with van der Waals surface area (Å²) in [5, 5.41) is 5.85. The molecule has 2 N–H and O–H groups in total. The molecule has 0 radical (unpaired) electrons. The Labute approximate surface area is 164 Å². The molecule has 5 atom stereocenters. The van der Waals surface area contributed by atoms with Gasteiger partial charge in [-0.2, -0.15) is 0 Å². The van der Waals surface area contributed by atoms with E-state index >= 15 is 0 Å². The fourth-order valence-electron chi connectivity index (χ4n) is 3.86. The number of pyridine rings is 1. The van der Waals surface area contributed by atoms with Gasteiger partial charge >= 0.3 is 6.03 Å². The first kappa shape index (κ1) is 19.4. The molecule has 0 aromatic carbocycles. The Hall–Kier alpha value is -1.94. The lowest BCUT2D eigenvalue weighted by atomic mass is 10.1. The molecule has 2 amide bonds. The van der Waals surface area contributed by atoms with Crippen LogP contribution >= 0.6 is 0 Å². The van der Waals surface area contributed by atoms with Crippen LogP contribution in [0.15, 0.2) is 18.3 Å². The van der Waals surface area contributed by atoms with E-state index in [1.165, 1.54) is 0 Å². The number of nitrogens with one attached hydrogen (secondary N) is 2. The summed E-state index contributed by atoms with van der Waals surface area (Å²) >= 11 is 0. The van der Waals surface area contributed by atoms with Gasteiger partial charge in [0, 0.05) is 25.8 Å². The molecule has 9 heteroatoms. The summed E-state index contributed by atoms with van der Waals surface area (Å²) < 4.78 is 23.5. The predicted molar refractivity (Wildman–Crippen MR) is 100 cm³/mol. The maximum absolute atomic E-state index is 12.3. The number of carbonyl (C=O) groups excluding carboxylic acids is 1. The number of urea groups is 1. The Balaban J connectivity index is 1.25. The van der Waals surface area contributed by atoms with E-state index in [1.54, 1.807) is 6.20 Å². The van der Waals surface area contributed by atoms with Gasteiger partial charge in [-0.25, -0.2) is 4.79 Å². The summed E-state index contributed by atoms with van der Waals surface area (Å²) in [4.78, 5) is 18.7. The third kappa shape index (κ3) is 4.38. The second-order valence-electron chi connectivity index (χ2n) is 7.56. The molecule has 28 heavy (non-hydrogen) atoms. The van der Waals surface area contributed by atoms with Crippen molar-refractivity contribution in [1.29, 1.82) is 0 Å². The van der Waals surface area contributed by atoms with Crippen molar-refractivity contribution in [2.24, 2.45) is 0 Å². The lowest BCUT2D eigenvalue weighted by Gasteiger charge is -2.30. The average molecular weight is 392 g/mol. The van der Waals surface area contributed by atoms with Crippen LogP contribution in [0.1, 0.15) is 5.69 Å². The van der Waals surface area contributed by atoms with Gasteiger partial charge in [0.2, 0.25) is 0 Å². The first-order chi connectivity index (χ1) is 13.6. The Kier molecular flexibility index (Phi) is 5.96. The van der Waals surface area contributed by atoms with Gasteiger partial charge < -0.3 is 34.5 Å². The van der Waals surface area contributed by atoms with E-state index in [1.807, 2.05) is 19.1 Å². The first-order valence-electron chi connectivity index (χ1n) is 9.76. The van der Waals surface area contributed by atoms with E-state index in [0.29, 0.717) is 26.4 Å². The van der Waals surface area contributed by atoms with Gasteiger partial charge in [0.05, 0.1) is 37.7 Å². The number of aryl methyl sites for hydroxylation is 1. The molecule has 1 aromatic rings. The molecule has 1 aromatic heterocycles. The Morgan fingerprint density at radius 1 is 1.32 bits per heavy atom. The number of fused-ring (bicyclic) bond motifs is 1. The van der Waals surface area contributed by atoms with Crippen molar-refractivity contribution in [1.82, 2.24) is 20.5 Å². The highest BCUT2D eigenvalue weighted by molar-refractivity contribution is 5.74. The standard InChI is InChI=1S/C19H28N4O5/c1-12-15(4-3-5-20-12)28-16-11-27-17-14(10-26-18(16)17)22-19(24)21-8-13-9-23(2)6-7-25-13/h3-5,13-14,16-18H,6-11H2,1-2H3,(H2,21,22,24)/t13?,14-,16-,17+,18+/m0/s1. The minimum Gasteiger partial charge on any atom is -0.483 e. The lowest BCUT2D eigenvalue weighted by Crippen LogP contribution is -2.52. The molecule has 0 bridgehead atoms. The molecule has 0 saturated carbocycles. The van der Waals surface area contributed by atoms with Crippen molar-refractivity contribution >= 4 is 6.03 Å². The van der Waals surface area contributed by atoms with E-state index in [-0.39, 0.29) is 36.5 Å². The van der Waals surface area contributed by atoms with Crippen LogP contribution in [0.3, 0.4) is 0 Å². The third-order valence-corrected chi connectivity index (χ3v) is 5.39. The van der Waals surface area contributed by atoms with Crippen LogP contribution in [0.25, 0.3) is 0 Å². The third-order valence-electron chi connectivity index (χ3n) is 5.39. The highest BCUT2D eigenvalue weighted by Crippen LogP contribution is 2.30. The number of aromatic nitrogens is 1. The zero-order valence-electron chi connectivity index (χ0n) is 16.3. The zero-order chi connectivity index (χ0) is 19.5. The molecule has 1 unspecified atom stereocenters. The van der Waals surface area contributed by atoms with Crippen LogP contribution in [0.2, 0.25) is 0 Å². The Bertz CT molecular complexity index is 690. The number of nitrogens with zero attached hydrogens (tertiary/aromatic N) is 2. The van der Waals surface area contributed by atoms with E-state index in [2.05, 4.69) is 27.6 Å². The number of rotatable bonds is 5. The molecule has 4 heterocycles. The molecule has 3 aliphatic heterocycles. The highest BCUT2D eigenvalue weighted by atomic mass is 16.6. The number of carbonyl (C=O) groups is 1. The van der Waals surface area contributed by atoms with Crippen molar-refractivity contribution < 1.29 is 23.7 Å². The number of likely N-dealkylation sites (N-methyl/N-ethyl adjacent to an activating group) is 1. The summed E-state index contributed by atoms with van der Waals surface area (Å²) in [6, 6.07) is 3.29. The van der Waals surface area contributed by atoms with Crippen molar-refractivity contribution in [2.45, 2.75) is 37.4 Å². The maximum atomic E-state index is 12.3. The van der Waals surface area contributed by atoms with E-state index in [9.17, 15) is 4.79 Å². The van der Waals surface area contributed by atoms with Crippen LogP contribution in [0.4, 0.5) is 4.79 Å². The Morgan fingerprint density at radius 3 is 3.00 bits per heavy atom. The van der Waals surface area contributed by atoms with Gasteiger partial charge in [-0.05, 0) is 26.1 Å². The van der Waals surface area contributed by atoms with Gasteiger partial charge in [-0.3, -0.25) is 4.98 Å². The number of hydrogen-bond donors (Lipinski definition) is 2. The normalized spacial score (nSPS) is 32.7. The van der Waals surface area contributed by atoms with Gasteiger partial charge in [-0.1, -0.05) is 0 Å². The molecule has 3 aliphatic rings. The van der Waals surface area contributed by atoms with Crippen molar-refractivity contribution in [3.05, 3.63) is 24.0 Å². The molecule has 9 nitrogen and oxygen atoms in total. The van der Waals surface area contributed by atoms with E-state index in [4.69, 9.17) is 18.9 Å². The zero-order valence-corrected chi connectivity index (χ0v) is 16.3. The van der Waals surface area contributed by atoms with Gasteiger partial charge in [0.1, 0.15) is 18.0 Å². The highest BCUT2D eigenvalue weighted by Gasteiger charge is 2.49. The van der Waals surface area contributed by atoms with Crippen LogP contribution in [0, 0.1) is 6.92 Å². The molecule has 3 saturated heterocycles. The van der Waals surface area contributed by atoms with Crippen LogP contribution in [0.5, 0.6) is 5.75 Å². The second-order valence-corrected chi connectivity index (χ2v) is 7.56. The minimum absolute atomic E-state index is 0.0142. The summed E-state index contributed by atoms with van der Waals surface area (Å²) in [5.41, 5.74) is 0.827. The van der Waals surface area contributed by atoms with Gasteiger partial charge in [0.15, 0.2) is 6.10 Å². The summed E-state index contributed by atoms with van der Waals surface area (Å²) in [7, 11) is 2.05. The monoisotopic (exact) mass is 392 g/mol. The minimum atomic E-state index is -0.234. The molecular weight excluding hydrogens is 364 g/mol. The summed E-state index contributed by atoms with van der Waals surface area (Å²) in [5.74, 6) is 0.729. The molecule has 0 aliphatic carbocycles. The number of ether oxygens (including phenoxy) is 4. The van der Waals surface area contributed by atoms with Crippen molar-refractivity contribution in [2.75, 3.05) is 46.5 Å². The lowest BCUT2D eigenvalue weighted by molar-refractivity contribution is -0.0168. The second kappa shape index (κ2) is 8.60. The molecule has 4 rings (SSSR count). The number of hydrogen-bond acceptors (Lipinski definition) is 7. The predicted octanol–water partition coefficient (Wildman–Crippen LogP) is -0.0666. The topological polar surface area (TPSA) is 94.2 Å². The molecule has 3 fully saturated rings. The van der Waals surface area contributed by atoms with Crippen LogP contribution < -0.4 is 15.4 Å². The molecular formula is C19H28N4O5. The van der Waals surface area contributed by atoms with Crippen LogP contribution in [-0.4, -0.2) is 92.9 Å². The fourth-order valence-corrected chi connectivity index (χ4v) is 3.86. The fraction of sp³-hybridized carbons (Fsp3) is 0.684. The number of amides is 2. The summed E-state index contributed by atoms with van der Waals surface area (Å²) in [6.45, 7) is 5.63. The van der Waals surface area contributed by atoms with E-state index in [0.717, 1.165) is 24.5 Å². The maximum Gasteiger partial charge on any atom is 0.315 e. The first-order valence-corrected chi connectivity index (χ1v) is 9.76. The number of morpholine rings is 1. The van der Waals surface area contributed by atoms with Gasteiger partial charge in [0.25, 0.3) is 0 Å².